The van der Waals surface area contributed by atoms with Crippen LogP contribution in [0.2, 0.25) is 0 Å². The van der Waals surface area contributed by atoms with E-state index in [0.29, 0.717) is 5.56 Å². The normalized spacial score (nSPS) is 11.7. The molecular weight excluding hydrogens is 379 g/mol. The number of nitrogens with zero attached hydrogens (tertiary/aromatic N) is 2. The lowest BCUT2D eigenvalue weighted by Gasteiger charge is -2.10. The van der Waals surface area contributed by atoms with Crippen molar-refractivity contribution in [2.75, 3.05) is 19.0 Å². The first-order chi connectivity index (χ1) is 13.4. The third kappa shape index (κ3) is 3.03. The Bertz CT molecular complexity index is 1260. The van der Waals surface area contributed by atoms with Gasteiger partial charge in [0, 0.05) is 19.7 Å². The molecule has 0 spiro atoms. The van der Waals surface area contributed by atoms with Crippen LogP contribution in [0, 0.1) is 5.82 Å². The van der Waals surface area contributed by atoms with Crippen LogP contribution >= 0.6 is 0 Å². The molecule has 0 amide bonds. The zero-order chi connectivity index (χ0) is 19.9. The predicted octanol–water partition coefficient (Wildman–Crippen LogP) is 4.53. The Morgan fingerprint density at radius 2 is 1.61 bits per heavy atom. The van der Waals surface area contributed by atoms with E-state index in [1.165, 1.54) is 12.1 Å². The van der Waals surface area contributed by atoms with E-state index < -0.39 is 15.7 Å². The van der Waals surface area contributed by atoms with E-state index in [1.807, 2.05) is 42.5 Å². The van der Waals surface area contributed by atoms with Crippen molar-refractivity contribution < 1.29 is 17.2 Å². The smallest absolute Gasteiger partial charge is 0.235 e. The fourth-order valence-corrected chi connectivity index (χ4v) is 4.38. The summed E-state index contributed by atoms with van der Waals surface area (Å²) in [5.41, 5.74) is 0.696. The van der Waals surface area contributed by atoms with Crippen molar-refractivity contribution in [3.05, 3.63) is 72.5 Å². The minimum absolute atomic E-state index is 0.0465. The number of halogens is 1. The van der Waals surface area contributed by atoms with Gasteiger partial charge in [0.15, 0.2) is 0 Å². The SMILES string of the molecule is CN(C)c1oc(-c2cccc3ccccc23)nc1S(=O)(=O)c1ccc(F)cc1. The molecule has 0 radical (unpaired) electrons. The molecule has 4 rings (SSSR count). The summed E-state index contributed by atoms with van der Waals surface area (Å²) >= 11 is 0. The highest BCUT2D eigenvalue weighted by Gasteiger charge is 2.30. The van der Waals surface area contributed by atoms with Gasteiger partial charge in [0.1, 0.15) is 5.82 Å². The number of hydrogen-bond donors (Lipinski definition) is 0. The van der Waals surface area contributed by atoms with Crippen molar-refractivity contribution in [2.45, 2.75) is 9.92 Å². The number of fused-ring (bicyclic) bond motifs is 1. The lowest BCUT2D eigenvalue weighted by Crippen LogP contribution is -2.13. The summed E-state index contributed by atoms with van der Waals surface area (Å²) in [4.78, 5) is 5.84. The van der Waals surface area contributed by atoms with E-state index in [-0.39, 0.29) is 21.7 Å². The molecule has 0 atom stereocenters. The number of sulfone groups is 1. The summed E-state index contributed by atoms with van der Waals surface area (Å²) < 4.78 is 45.3. The summed E-state index contributed by atoms with van der Waals surface area (Å²) in [6.07, 6.45) is 0. The van der Waals surface area contributed by atoms with Gasteiger partial charge in [-0.25, -0.2) is 12.8 Å². The molecule has 0 N–H and O–H groups in total. The molecule has 0 bridgehead atoms. The van der Waals surface area contributed by atoms with Crippen LogP contribution in [0.4, 0.5) is 10.3 Å². The third-order valence-electron chi connectivity index (χ3n) is 4.38. The van der Waals surface area contributed by atoms with Crippen molar-refractivity contribution in [3.8, 4) is 11.5 Å². The standard InChI is InChI=1S/C21H17FN2O3S/c1-24(2)21-20(28(25,26)16-12-10-15(22)11-13-16)23-19(27-21)18-9-5-7-14-6-3-4-8-17(14)18/h3-13H,1-2H3. The molecule has 4 aromatic rings. The first-order valence-corrected chi connectivity index (χ1v) is 10.0. The molecule has 142 valence electrons. The molecule has 5 nitrogen and oxygen atoms in total. The molecule has 3 aromatic carbocycles. The summed E-state index contributed by atoms with van der Waals surface area (Å²) in [5, 5.41) is 1.70. The number of oxazole rings is 1. The van der Waals surface area contributed by atoms with Crippen molar-refractivity contribution in [1.82, 2.24) is 4.98 Å². The van der Waals surface area contributed by atoms with Crippen LogP contribution in [0.25, 0.3) is 22.2 Å². The Kier molecular flexibility index (Phi) is 4.39. The molecule has 7 heteroatoms. The number of benzene rings is 3. The Labute approximate surface area is 162 Å². The van der Waals surface area contributed by atoms with Gasteiger partial charge in [0.25, 0.3) is 0 Å². The molecule has 0 aliphatic heterocycles. The molecule has 0 saturated carbocycles. The Morgan fingerprint density at radius 1 is 0.929 bits per heavy atom. The second-order valence-electron chi connectivity index (χ2n) is 6.51. The fourth-order valence-electron chi connectivity index (χ4n) is 3.01. The molecular formula is C21H17FN2O3S. The number of anilines is 1. The largest absolute Gasteiger partial charge is 0.419 e. The Hall–Kier alpha value is -3.19. The first-order valence-electron chi connectivity index (χ1n) is 8.55. The summed E-state index contributed by atoms with van der Waals surface area (Å²) in [7, 11) is -0.630. The van der Waals surface area contributed by atoms with E-state index in [1.54, 1.807) is 19.0 Å². The van der Waals surface area contributed by atoms with Crippen LogP contribution in [0.3, 0.4) is 0 Å². The van der Waals surface area contributed by atoms with Gasteiger partial charge < -0.3 is 9.32 Å². The second kappa shape index (κ2) is 6.76. The molecule has 0 unspecified atom stereocenters. The van der Waals surface area contributed by atoms with Crippen LogP contribution < -0.4 is 4.90 Å². The van der Waals surface area contributed by atoms with Gasteiger partial charge in [0.2, 0.25) is 26.6 Å². The van der Waals surface area contributed by atoms with Gasteiger partial charge in [0.05, 0.1) is 4.90 Å². The molecule has 1 heterocycles. The Balaban J connectivity index is 1.93. The van der Waals surface area contributed by atoms with Gasteiger partial charge in [-0.15, -0.1) is 0 Å². The van der Waals surface area contributed by atoms with Gasteiger partial charge in [-0.05, 0) is 41.1 Å². The van der Waals surface area contributed by atoms with Crippen LogP contribution in [0.5, 0.6) is 0 Å². The highest BCUT2D eigenvalue weighted by atomic mass is 32.2. The van der Waals surface area contributed by atoms with Crippen LogP contribution in [0.1, 0.15) is 0 Å². The zero-order valence-corrected chi connectivity index (χ0v) is 16.1. The summed E-state index contributed by atoms with van der Waals surface area (Å²) in [5.74, 6) is -0.183. The average molecular weight is 396 g/mol. The minimum Gasteiger partial charge on any atom is -0.419 e. The zero-order valence-electron chi connectivity index (χ0n) is 15.3. The van der Waals surface area contributed by atoms with E-state index in [9.17, 15) is 12.8 Å². The van der Waals surface area contributed by atoms with Gasteiger partial charge >= 0.3 is 0 Å². The Morgan fingerprint density at radius 3 is 2.32 bits per heavy atom. The molecule has 0 saturated heterocycles. The highest BCUT2D eigenvalue weighted by Crippen LogP contribution is 2.36. The number of aromatic nitrogens is 1. The monoisotopic (exact) mass is 396 g/mol. The number of hydrogen-bond acceptors (Lipinski definition) is 5. The van der Waals surface area contributed by atoms with E-state index >= 15 is 0 Å². The van der Waals surface area contributed by atoms with Crippen LogP contribution in [-0.2, 0) is 9.84 Å². The lowest BCUT2D eigenvalue weighted by atomic mass is 10.0. The lowest BCUT2D eigenvalue weighted by molar-refractivity contribution is 0.564. The van der Waals surface area contributed by atoms with Crippen molar-refractivity contribution in [1.29, 1.82) is 0 Å². The van der Waals surface area contributed by atoms with Crippen molar-refractivity contribution >= 4 is 26.5 Å². The van der Waals surface area contributed by atoms with Crippen LogP contribution in [-0.4, -0.2) is 27.5 Å². The van der Waals surface area contributed by atoms with E-state index in [4.69, 9.17) is 4.42 Å². The topological polar surface area (TPSA) is 63.4 Å². The average Bonchev–Trinajstić information content (AvgIpc) is 3.14. The molecule has 0 aliphatic rings. The third-order valence-corrected chi connectivity index (χ3v) is 6.05. The van der Waals surface area contributed by atoms with Crippen LogP contribution in [0.15, 0.2) is 81.1 Å². The maximum atomic E-state index is 13.2. The maximum Gasteiger partial charge on any atom is 0.235 e. The van der Waals surface area contributed by atoms with Gasteiger partial charge in [-0.2, -0.15) is 4.98 Å². The number of rotatable bonds is 4. The van der Waals surface area contributed by atoms with Gasteiger partial charge in [-0.1, -0.05) is 36.4 Å². The summed E-state index contributed by atoms with van der Waals surface area (Å²) in [6, 6.07) is 18.0. The fraction of sp³-hybridized carbons (Fsp3) is 0.0952. The van der Waals surface area contributed by atoms with Gasteiger partial charge in [-0.3, -0.25) is 0 Å². The van der Waals surface area contributed by atoms with E-state index in [2.05, 4.69) is 4.98 Å². The molecule has 28 heavy (non-hydrogen) atoms. The quantitative estimate of drug-likeness (QED) is 0.474. The predicted molar refractivity (Wildman–Crippen MR) is 106 cm³/mol. The molecule has 0 fully saturated rings. The van der Waals surface area contributed by atoms with Crippen molar-refractivity contribution in [2.24, 2.45) is 0 Å². The van der Waals surface area contributed by atoms with E-state index in [0.717, 1.165) is 22.9 Å². The minimum atomic E-state index is -3.99. The molecule has 1 aromatic heterocycles. The first kappa shape index (κ1) is 18.2. The second-order valence-corrected chi connectivity index (χ2v) is 8.37. The summed E-state index contributed by atoms with van der Waals surface area (Å²) in [6.45, 7) is 0. The maximum absolute atomic E-state index is 13.2. The van der Waals surface area contributed by atoms with Crippen molar-refractivity contribution in [3.63, 3.8) is 0 Å². The molecule has 0 aliphatic carbocycles. The highest BCUT2D eigenvalue weighted by molar-refractivity contribution is 7.91.